The minimum Gasteiger partial charge on any atom is -0.455 e. The van der Waals surface area contributed by atoms with E-state index in [1.54, 1.807) is 0 Å². The Balaban J connectivity index is 0.891. The van der Waals surface area contributed by atoms with Crippen LogP contribution in [0.15, 0.2) is 271 Å². The van der Waals surface area contributed by atoms with Gasteiger partial charge in [0.1, 0.15) is 11.2 Å². The van der Waals surface area contributed by atoms with Crippen molar-refractivity contribution in [2.75, 3.05) is 4.90 Å². The van der Waals surface area contributed by atoms with Crippen molar-refractivity contribution < 1.29 is 4.42 Å². The first-order chi connectivity index (χ1) is 35.2. The lowest BCUT2D eigenvalue weighted by Crippen LogP contribution is -2.11. The zero-order valence-corrected chi connectivity index (χ0v) is 38.7. The summed E-state index contributed by atoms with van der Waals surface area (Å²) in [5, 5.41) is 9.51. The van der Waals surface area contributed by atoms with Crippen molar-refractivity contribution in [2.24, 2.45) is 0 Å². The number of furan rings is 1. The van der Waals surface area contributed by atoms with Gasteiger partial charge in [0.25, 0.3) is 0 Å². The summed E-state index contributed by atoms with van der Waals surface area (Å²) in [6.07, 6.45) is 0. The fourth-order valence-electron chi connectivity index (χ4n) is 11.0. The number of para-hydroxylation sites is 4. The molecule has 0 aliphatic heterocycles. The van der Waals surface area contributed by atoms with Crippen LogP contribution in [0.1, 0.15) is 0 Å². The van der Waals surface area contributed by atoms with Crippen LogP contribution in [-0.4, -0.2) is 4.57 Å². The molecule has 0 spiro atoms. The third-order valence-corrected chi connectivity index (χ3v) is 14.4. The maximum Gasteiger partial charge on any atom is 0.143 e. The van der Waals surface area contributed by atoms with E-state index in [0.717, 1.165) is 83.3 Å². The predicted octanol–water partition coefficient (Wildman–Crippen LogP) is 19.1. The van der Waals surface area contributed by atoms with Crippen molar-refractivity contribution in [1.29, 1.82) is 0 Å². The highest BCUT2D eigenvalue weighted by atomic mass is 16.3. The Labute approximate surface area is 411 Å². The first kappa shape index (κ1) is 40.6. The van der Waals surface area contributed by atoms with Crippen molar-refractivity contribution in [2.45, 2.75) is 0 Å². The van der Waals surface area contributed by atoms with E-state index >= 15 is 0 Å². The fraction of sp³-hybridized carbons (Fsp3) is 0. The second-order valence-electron chi connectivity index (χ2n) is 18.4. The molecule has 12 aromatic carbocycles. The van der Waals surface area contributed by atoms with Gasteiger partial charge in [0.2, 0.25) is 0 Å². The number of anilines is 3. The van der Waals surface area contributed by atoms with E-state index in [-0.39, 0.29) is 0 Å². The smallest absolute Gasteiger partial charge is 0.143 e. The lowest BCUT2D eigenvalue weighted by molar-refractivity contribution is 0.674. The molecule has 0 aliphatic carbocycles. The maximum absolute atomic E-state index is 6.96. The molecule has 0 saturated heterocycles. The number of rotatable bonds is 8. The van der Waals surface area contributed by atoms with Crippen LogP contribution in [0.25, 0.3) is 115 Å². The second kappa shape index (κ2) is 16.7. The Hall–Kier alpha value is -9.44. The average molecular weight is 905 g/mol. The molecule has 2 aromatic heterocycles. The summed E-state index contributed by atoms with van der Waals surface area (Å²) in [5.74, 6) is 0. The Morgan fingerprint density at radius 2 is 0.775 bits per heavy atom. The number of aromatic nitrogens is 1. The molecule has 0 saturated carbocycles. The van der Waals surface area contributed by atoms with Gasteiger partial charge in [0.05, 0.1) is 16.7 Å². The van der Waals surface area contributed by atoms with Crippen molar-refractivity contribution >= 4 is 82.4 Å². The van der Waals surface area contributed by atoms with Gasteiger partial charge < -0.3 is 13.9 Å². The average Bonchev–Trinajstić information content (AvgIpc) is 4.00. The molecule has 0 unspecified atom stereocenters. The molecule has 0 N–H and O–H groups in total. The number of benzene rings is 12. The van der Waals surface area contributed by atoms with E-state index in [2.05, 4.69) is 276 Å². The first-order valence-electron chi connectivity index (χ1n) is 24.3. The lowest BCUT2D eigenvalue weighted by Gasteiger charge is -2.28. The molecular formula is C68H44N2O. The number of fused-ring (bicyclic) bond motifs is 9. The van der Waals surface area contributed by atoms with Crippen LogP contribution < -0.4 is 4.90 Å². The number of hydrogen-bond donors (Lipinski definition) is 0. The third kappa shape index (κ3) is 6.82. The van der Waals surface area contributed by atoms with Gasteiger partial charge >= 0.3 is 0 Å². The summed E-state index contributed by atoms with van der Waals surface area (Å²) in [6, 6.07) is 96.6. The number of nitrogens with zero attached hydrogens (tertiary/aromatic N) is 2. The summed E-state index contributed by atoms with van der Waals surface area (Å²) < 4.78 is 9.34. The monoisotopic (exact) mass is 904 g/mol. The van der Waals surface area contributed by atoms with Crippen LogP contribution in [0, 0.1) is 0 Å². The molecule has 0 radical (unpaired) electrons. The van der Waals surface area contributed by atoms with E-state index in [1.165, 1.54) is 49.3 Å². The Morgan fingerprint density at radius 3 is 1.51 bits per heavy atom. The summed E-state index contributed by atoms with van der Waals surface area (Å²) in [4.78, 5) is 2.39. The fourth-order valence-corrected chi connectivity index (χ4v) is 11.0. The van der Waals surface area contributed by atoms with Gasteiger partial charge in [-0.1, -0.05) is 200 Å². The zero-order chi connectivity index (χ0) is 46.8. The van der Waals surface area contributed by atoms with E-state index in [4.69, 9.17) is 4.42 Å². The summed E-state index contributed by atoms with van der Waals surface area (Å²) in [7, 11) is 0. The molecule has 14 aromatic rings. The highest BCUT2D eigenvalue weighted by Gasteiger charge is 2.22. The number of hydrogen-bond acceptors (Lipinski definition) is 2. The van der Waals surface area contributed by atoms with E-state index in [1.807, 2.05) is 0 Å². The largest absolute Gasteiger partial charge is 0.455 e. The molecule has 3 heteroatoms. The van der Waals surface area contributed by atoms with Crippen molar-refractivity contribution in [1.82, 2.24) is 4.57 Å². The molecule has 332 valence electrons. The molecule has 2 heterocycles. The minimum absolute atomic E-state index is 0.881. The van der Waals surface area contributed by atoms with E-state index < -0.39 is 0 Å². The summed E-state index contributed by atoms with van der Waals surface area (Å²) >= 11 is 0. The predicted molar refractivity (Wildman–Crippen MR) is 299 cm³/mol. The van der Waals surface area contributed by atoms with Gasteiger partial charge in [-0.25, -0.2) is 0 Å². The third-order valence-electron chi connectivity index (χ3n) is 14.4. The highest BCUT2D eigenvalue weighted by molar-refractivity contribution is 6.18. The lowest BCUT2D eigenvalue weighted by atomic mass is 9.95. The van der Waals surface area contributed by atoms with Crippen LogP contribution in [0.3, 0.4) is 0 Å². The van der Waals surface area contributed by atoms with Gasteiger partial charge in [-0.3, -0.25) is 0 Å². The van der Waals surface area contributed by atoms with Crippen molar-refractivity contribution in [3.05, 3.63) is 267 Å². The highest BCUT2D eigenvalue weighted by Crippen LogP contribution is 2.46. The Kier molecular flexibility index (Phi) is 9.53. The Morgan fingerprint density at radius 1 is 0.282 bits per heavy atom. The first-order valence-corrected chi connectivity index (χ1v) is 24.3. The van der Waals surface area contributed by atoms with Gasteiger partial charge in [-0.2, -0.15) is 0 Å². The van der Waals surface area contributed by atoms with Crippen LogP contribution in [0.5, 0.6) is 0 Å². The molecule has 14 rings (SSSR count). The molecule has 71 heavy (non-hydrogen) atoms. The Bertz CT molecular complexity index is 4290. The summed E-state index contributed by atoms with van der Waals surface area (Å²) in [5.41, 5.74) is 17.7. The zero-order valence-electron chi connectivity index (χ0n) is 38.7. The quantitative estimate of drug-likeness (QED) is 0.151. The van der Waals surface area contributed by atoms with Crippen LogP contribution in [0.4, 0.5) is 17.1 Å². The molecule has 3 nitrogen and oxygen atoms in total. The molecular weight excluding hydrogens is 861 g/mol. The van der Waals surface area contributed by atoms with Crippen LogP contribution >= 0.6 is 0 Å². The van der Waals surface area contributed by atoms with Crippen molar-refractivity contribution in [3.8, 4) is 50.2 Å². The SMILES string of the molecule is c1cc(-c2ccc(N(c3ccc(-c4cccc(-n5c6ccccc6c6ccccc65)c4)cc3)c3ccccc3-c3cccc4c3oc3c5ccccc5ccc43)cc2)cc(-c2cccc3ccccc23)c1. The second-order valence-corrected chi connectivity index (χ2v) is 18.4. The summed E-state index contributed by atoms with van der Waals surface area (Å²) in [6.45, 7) is 0. The molecule has 0 fully saturated rings. The molecule has 0 amide bonds. The van der Waals surface area contributed by atoms with Gasteiger partial charge in [-0.15, -0.1) is 0 Å². The van der Waals surface area contributed by atoms with Gasteiger partial charge in [-0.05, 0) is 116 Å². The van der Waals surface area contributed by atoms with Gasteiger partial charge in [0.15, 0.2) is 0 Å². The van der Waals surface area contributed by atoms with E-state index in [9.17, 15) is 0 Å². The minimum atomic E-state index is 0.881. The molecule has 0 bridgehead atoms. The normalized spacial score (nSPS) is 11.7. The maximum atomic E-state index is 6.96. The van der Waals surface area contributed by atoms with E-state index in [0.29, 0.717) is 0 Å². The van der Waals surface area contributed by atoms with Crippen molar-refractivity contribution in [3.63, 3.8) is 0 Å². The molecule has 0 aliphatic rings. The van der Waals surface area contributed by atoms with Crippen LogP contribution in [-0.2, 0) is 0 Å². The standard InChI is InChI=1S/C68H44N2O/c1-3-22-55-47(15-1)17-13-27-56(55)51-20-11-18-49(43-51)45-33-38-52(39-34-45)69(64-30-8-7-26-60(64)61-28-14-29-62-63-42-37-48-16-2-4-23-57(48)67(63)71-68(61)62)53-40-35-46(36-41-53)50-19-12-21-54(44-50)70-65-31-9-5-24-58(65)59-25-6-10-32-66(59)70/h1-44H. The molecule has 0 atom stereocenters. The van der Waals surface area contributed by atoms with Gasteiger partial charge in [0, 0.05) is 55.1 Å². The topological polar surface area (TPSA) is 21.3 Å². The van der Waals surface area contributed by atoms with Crippen LogP contribution in [0.2, 0.25) is 0 Å².